The van der Waals surface area contributed by atoms with Crippen molar-refractivity contribution in [1.29, 1.82) is 0 Å². The number of rotatable bonds is 3. The summed E-state index contributed by atoms with van der Waals surface area (Å²) < 4.78 is 161. The molecule has 0 aromatic rings. The molecule has 0 aliphatic carbocycles. The van der Waals surface area contributed by atoms with Gasteiger partial charge in [-0.1, -0.05) is 0 Å². The molecule has 0 rings (SSSR count). The molecule has 0 aromatic carbocycles. The van der Waals surface area contributed by atoms with Gasteiger partial charge >= 0.3 is 77.9 Å². The molecule has 23 heavy (non-hydrogen) atoms. The maximum absolute atomic E-state index is 12.2. The number of hydrogen-bond donors (Lipinski definition) is 0. The molecule has 1 unspecified atom stereocenters. The number of hydrogen-bond acceptors (Lipinski definition) is 5. The molecule has 134 valence electrons. The monoisotopic (exact) mass is 450 g/mol. The van der Waals surface area contributed by atoms with E-state index in [0.717, 1.165) is 0 Å². The molecule has 0 saturated carbocycles. The number of alkyl halides is 9. The first-order valence-electron chi connectivity index (χ1n) is 3.88. The van der Waals surface area contributed by atoms with Gasteiger partial charge in [0.05, 0.1) is 9.92 Å². The predicted octanol–water partition coefficient (Wildman–Crippen LogP) is -1.03. The molecular formula is C3F9KN2O5S3. The van der Waals surface area contributed by atoms with Crippen molar-refractivity contribution in [3.63, 3.8) is 0 Å². The summed E-state index contributed by atoms with van der Waals surface area (Å²) in [6.45, 7) is 0. The fraction of sp³-hybridized carbons (Fsp3) is 1.00. The van der Waals surface area contributed by atoms with Crippen LogP contribution in [0.1, 0.15) is 0 Å². The number of nitrogens with zero attached hydrogens (tertiary/aromatic N) is 2. The molecule has 0 amide bonds. The van der Waals surface area contributed by atoms with Crippen molar-refractivity contribution in [2.45, 2.75) is 16.5 Å². The molecule has 0 N–H and O–H groups in total. The second kappa shape index (κ2) is 7.21. The second-order valence-electron chi connectivity index (χ2n) is 2.93. The Hall–Kier alpha value is 0.816. The third-order valence-corrected chi connectivity index (χ3v) is 6.24. The number of halogens is 9. The molecule has 0 bridgehead atoms. The van der Waals surface area contributed by atoms with E-state index in [2.05, 4.69) is 0 Å². The fourth-order valence-electron chi connectivity index (χ4n) is 0.449. The topological polar surface area (TPSA) is 112 Å². The zero-order chi connectivity index (χ0) is 18.4. The molecule has 7 nitrogen and oxygen atoms in total. The largest absolute Gasteiger partial charge is 1.00 e. The standard InChI is InChI=1S/C3F9N2O5S3.K/c4-1(5,6)20(15,13-21(16,17)2(7,8)9)14-22(18,19)3(10,11)12;/q-1;+1. The second-order valence-corrected chi connectivity index (χ2v) is 8.41. The molecule has 0 fully saturated rings. The zero-order valence-corrected chi connectivity index (χ0v) is 15.6. The zero-order valence-electron chi connectivity index (χ0n) is 10.1. The summed E-state index contributed by atoms with van der Waals surface area (Å²) in [4.78, 5) is 0. The SMILES string of the molecule is O=S(=O)(N=S(=O)([N-]S(=O)(=O)C(F)(F)F)C(F)(F)F)C(F)(F)F.[K+]. The van der Waals surface area contributed by atoms with Crippen LogP contribution in [0.2, 0.25) is 0 Å². The van der Waals surface area contributed by atoms with E-state index >= 15 is 0 Å². The Bertz CT molecular complexity index is 752. The van der Waals surface area contributed by atoms with Crippen molar-refractivity contribution >= 4 is 30.0 Å². The minimum absolute atomic E-state index is 0. The Labute approximate surface area is 164 Å². The van der Waals surface area contributed by atoms with E-state index in [1.54, 1.807) is 0 Å². The van der Waals surface area contributed by atoms with Crippen LogP contribution in [0.15, 0.2) is 3.77 Å². The van der Waals surface area contributed by atoms with Crippen molar-refractivity contribution < 1.29 is 112 Å². The summed E-state index contributed by atoms with van der Waals surface area (Å²) in [7, 11) is -21.9. The van der Waals surface area contributed by atoms with Gasteiger partial charge in [-0.2, -0.15) is 47.9 Å². The van der Waals surface area contributed by atoms with Crippen LogP contribution in [0.25, 0.3) is 4.13 Å². The van der Waals surface area contributed by atoms with Crippen molar-refractivity contribution in [2.24, 2.45) is 3.77 Å². The average Bonchev–Trinajstić information content (AvgIpc) is 2.08. The first-order valence-corrected chi connectivity index (χ1v) is 8.23. The summed E-state index contributed by atoms with van der Waals surface area (Å²) in [6, 6.07) is 0. The van der Waals surface area contributed by atoms with Crippen LogP contribution in [-0.4, -0.2) is 37.6 Å². The van der Waals surface area contributed by atoms with Gasteiger partial charge in [0, 0.05) is 0 Å². The molecule has 0 radical (unpaired) electrons. The molecule has 20 heteroatoms. The van der Waals surface area contributed by atoms with Crippen LogP contribution in [0.5, 0.6) is 0 Å². The van der Waals surface area contributed by atoms with E-state index in [-0.39, 0.29) is 51.4 Å². The van der Waals surface area contributed by atoms with E-state index in [9.17, 15) is 60.6 Å². The van der Waals surface area contributed by atoms with Crippen LogP contribution in [0.3, 0.4) is 0 Å². The Kier molecular flexibility index (Phi) is 8.16. The van der Waals surface area contributed by atoms with Gasteiger partial charge in [-0.05, 0) is 0 Å². The average molecular weight is 450 g/mol. The quantitative estimate of drug-likeness (QED) is 0.403. The van der Waals surface area contributed by atoms with Crippen molar-refractivity contribution in [3.05, 3.63) is 4.13 Å². The minimum Gasteiger partial charge on any atom is -0.438 e. The maximum Gasteiger partial charge on any atom is 1.00 e. The molecule has 0 saturated heterocycles. The van der Waals surface area contributed by atoms with E-state index in [0.29, 0.717) is 7.90 Å². The molecule has 0 aromatic heterocycles. The predicted molar refractivity (Wildman–Crippen MR) is 49.9 cm³/mol. The van der Waals surface area contributed by atoms with Crippen molar-refractivity contribution in [2.75, 3.05) is 0 Å². The summed E-state index contributed by atoms with van der Waals surface area (Å²) in [6.07, 6.45) is 0. The minimum atomic E-state index is -7.35. The van der Waals surface area contributed by atoms with E-state index in [1.807, 2.05) is 0 Å². The summed E-state index contributed by atoms with van der Waals surface area (Å²) in [5.41, 5.74) is -19.9. The van der Waals surface area contributed by atoms with Gasteiger partial charge in [-0.3, -0.25) is 4.21 Å². The summed E-state index contributed by atoms with van der Waals surface area (Å²) in [5, 5.41) is 0. The smallest absolute Gasteiger partial charge is 0.438 e. The Morgan fingerprint density at radius 3 is 1.22 bits per heavy atom. The van der Waals surface area contributed by atoms with E-state index in [4.69, 9.17) is 0 Å². The third-order valence-electron chi connectivity index (χ3n) is 1.28. The normalized spacial score (nSPS) is 17.1. The van der Waals surface area contributed by atoms with Gasteiger partial charge in [0.1, 0.15) is 0 Å². The Balaban J connectivity index is 0. The summed E-state index contributed by atoms with van der Waals surface area (Å²) >= 11 is 0. The molecule has 1 atom stereocenters. The van der Waals surface area contributed by atoms with Gasteiger partial charge in [-0.25, -0.2) is 8.42 Å². The van der Waals surface area contributed by atoms with Crippen LogP contribution >= 0.6 is 0 Å². The van der Waals surface area contributed by atoms with Crippen LogP contribution < -0.4 is 51.4 Å². The van der Waals surface area contributed by atoms with Gasteiger partial charge in [0.2, 0.25) is 0 Å². The first kappa shape index (κ1) is 26.0. The van der Waals surface area contributed by atoms with Gasteiger partial charge in [0.15, 0.2) is 10.0 Å². The molecule has 0 aliphatic rings. The van der Waals surface area contributed by atoms with Gasteiger partial charge in [-0.15, -0.1) is 3.77 Å². The molecule has 0 heterocycles. The van der Waals surface area contributed by atoms with Crippen LogP contribution in [-0.2, 0) is 30.0 Å². The van der Waals surface area contributed by atoms with Crippen LogP contribution in [0.4, 0.5) is 39.5 Å². The third kappa shape index (κ3) is 6.24. The molecule has 0 aliphatic heterocycles. The van der Waals surface area contributed by atoms with Crippen molar-refractivity contribution in [1.82, 2.24) is 0 Å². The molecule has 0 spiro atoms. The van der Waals surface area contributed by atoms with Crippen molar-refractivity contribution in [3.8, 4) is 0 Å². The Morgan fingerprint density at radius 1 is 0.652 bits per heavy atom. The van der Waals surface area contributed by atoms with E-state index in [1.165, 1.54) is 0 Å². The maximum atomic E-state index is 12.2. The van der Waals surface area contributed by atoms with E-state index < -0.39 is 46.5 Å². The Morgan fingerprint density at radius 2 is 1.00 bits per heavy atom. The molecular weight excluding hydrogens is 450 g/mol. The van der Waals surface area contributed by atoms with Gasteiger partial charge in [0.25, 0.3) is 0 Å². The van der Waals surface area contributed by atoms with Gasteiger partial charge < -0.3 is 4.13 Å². The van der Waals surface area contributed by atoms with Crippen LogP contribution in [0, 0.1) is 0 Å². The summed E-state index contributed by atoms with van der Waals surface area (Å²) in [5.74, 6) is 0. The first-order chi connectivity index (χ1) is 9.16. The fourth-order valence-corrected chi connectivity index (χ4v) is 4.28. The number of sulfonamides is 2.